The highest BCUT2D eigenvalue weighted by Crippen LogP contribution is 2.34. The highest BCUT2D eigenvalue weighted by molar-refractivity contribution is 9.10. The van der Waals surface area contributed by atoms with Gasteiger partial charge in [-0.2, -0.15) is 0 Å². The molecule has 0 bridgehead atoms. The number of rotatable bonds is 1. The molecule has 0 fully saturated rings. The molecule has 94 valence electrons. The van der Waals surface area contributed by atoms with Crippen molar-refractivity contribution in [3.8, 4) is 11.4 Å². The maximum absolute atomic E-state index is 13.9. The minimum atomic E-state index is -0.268. The van der Waals surface area contributed by atoms with Crippen LogP contribution in [0.25, 0.3) is 11.4 Å². The van der Waals surface area contributed by atoms with Crippen LogP contribution >= 0.6 is 15.9 Å². The summed E-state index contributed by atoms with van der Waals surface area (Å²) in [7, 11) is 0. The predicted molar refractivity (Wildman–Crippen MR) is 71.5 cm³/mol. The van der Waals surface area contributed by atoms with Gasteiger partial charge in [-0.3, -0.25) is 0 Å². The fraction of sp³-hybridized carbons (Fsp3) is 0.308. The third kappa shape index (κ3) is 1.78. The smallest absolute Gasteiger partial charge is 0.145 e. The van der Waals surface area contributed by atoms with Crippen LogP contribution in [-0.4, -0.2) is 9.55 Å². The van der Waals surface area contributed by atoms with Crippen LogP contribution in [0.3, 0.4) is 0 Å². The maximum Gasteiger partial charge on any atom is 0.145 e. The molecule has 2 heterocycles. The van der Waals surface area contributed by atoms with E-state index in [2.05, 4.69) is 20.9 Å². The summed E-state index contributed by atoms with van der Waals surface area (Å²) in [4.78, 5) is 4.43. The first-order valence-electron chi connectivity index (χ1n) is 5.95. The highest BCUT2D eigenvalue weighted by Gasteiger charge is 2.25. The standard InChI is InChI=1S/C13H13BrFN3/c14-12-10-6-3-7-11(16)18(10)13(17-12)8-4-1-2-5-9(8)15/h1-2,4-5,11H,3,6-7,16H2. The van der Waals surface area contributed by atoms with Gasteiger partial charge in [-0.05, 0) is 47.3 Å². The summed E-state index contributed by atoms with van der Waals surface area (Å²) in [6.07, 6.45) is 2.75. The summed E-state index contributed by atoms with van der Waals surface area (Å²) in [5, 5.41) is 0. The molecule has 3 nitrogen and oxygen atoms in total. The molecule has 3 rings (SSSR count). The predicted octanol–water partition coefficient (Wildman–Crippen LogP) is 3.25. The first-order valence-corrected chi connectivity index (χ1v) is 6.75. The molecule has 18 heavy (non-hydrogen) atoms. The number of benzene rings is 1. The molecule has 1 aromatic heterocycles. The Kier molecular flexibility index (Phi) is 2.95. The van der Waals surface area contributed by atoms with Crippen LogP contribution in [0.15, 0.2) is 28.9 Å². The Bertz CT molecular complexity index is 594. The normalized spacial score (nSPS) is 18.7. The van der Waals surface area contributed by atoms with E-state index in [1.54, 1.807) is 12.1 Å². The van der Waals surface area contributed by atoms with E-state index in [1.165, 1.54) is 6.07 Å². The average molecular weight is 310 g/mol. The molecule has 2 N–H and O–H groups in total. The Morgan fingerprint density at radius 1 is 1.39 bits per heavy atom. The van der Waals surface area contributed by atoms with Gasteiger partial charge in [0.2, 0.25) is 0 Å². The molecule has 0 aliphatic carbocycles. The lowest BCUT2D eigenvalue weighted by Gasteiger charge is -2.24. The molecule has 0 saturated heterocycles. The second-order valence-electron chi connectivity index (χ2n) is 4.48. The molecule has 1 aliphatic heterocycles. The van der Waals surface area contributed by atoms with Crippen molar-refractivity contribution in [1.29, 1.82) is 0 Å². The van der Waals surface area contributed by atoms with Gasteiger partial charge in [-0.1, -0.05) is 12.1 Å². The van der Waals surface area contributed by atoms with Gasteiger partial charge in [-0.15, -0.1) is 0 Å². The van der Waals surface area contributed by atoms with E-state index in [-0.39, 0.29) is 12.0 Å². The number of aromatic nitrogens is 2. The molecule has 1 atom stereocenters. The SMILES string of the molecule is NC1CCCc2c(Br)nc(-c3ccccc3F)n21. The molecule has 2 aromatic rings. The Hall–Kier alpha value is -1.20. The Morgan fingerprint density at radius 2 is 2.17 bits per heavy atom. The van der Waals surface area contributed by atoms with E-state index < -0.39 is 0 Å². The zero-order valence-electron chi connectivity index (χ0n) is 9.74. The van der Waals surface area contributed by atoms with Crippen molar-refractivity contribution in [3.63, 3.8) is 0 Å². The number of nitrogens with zero attached hydrogens (tertiary/aromatic N) is 2. The Morgan fingerprint density at radius 3 is 2.94 bits per heavy atom. The van der Waals surface area contributed by atoms with Crippen molar-refractivity contribution in [2.45, 2.75) is 25.4 Å². The van der Waals surface area contributed by atoms with Crippen LogP contribution in [0.4, 0.5) is 4.39 Å². The van der Waals surface area contributed by atoms with Gasteiger partial charge in [0.05, 0.1) is 17.4 Å². The van der Waals surface area contributed by atoms with Crippen LogP contribution in [0.5, 0.6) is 0 Å². The number of hydrogen-bond donors (Lipinski definition) is 1. The molecule has 1 unspecified atom stereocenters. The quantitative estimate of drug-likeness (QED) is 0.879. The van der Waals surface area contributed by atoms with Crippen molar-refractivity contribution in [3.05, 3.63) is 40.4 Å². The summed E-state index contributed by atoms with van der Waals surface area (Å²) < 4.78 is 16.6. The average Bonchev–Trinajstić information content (AvgIpc) is 2.69. The van der Waals surface area contributed by atoms with E-state index in [1.807, 2.05) is 10.6 Å². The lowest BCUT2D eigenvalue weighted by Crippen LogP contribution is -2.25. The zero-order valence-corrected chi connectivity index (χ0v) is 11.3. The summed E-state index contributed by atoms with van der Waals surface area (Å²) in [5.74, 6) is 0.345. The number of imidazole rings is 1. The van der Waals surface area contributed by atoms with Crippen LogP contribution in [0.2, 0.25) is 0 Å². The summed E-state index contributed by atoms with van der Waals surface area (Å²) >= 11 is 3.44. The topological polar surface area (TPSA) is 43.8 Å². The van der Waals surface area contributed by atoms with Crippen LogP contribution in [0.1, 0.15) is 24.7 Å². The van der Waals surface area contributed by atoms with E-state index in [9.17, 15) is 4.39 Å². The summed E-state index contributed by atoms with van der Waals surface area (Å²) in [5.41, 5.74) is 7.69. The Balaban J connectivity index is 2.22. The van der Waals surface area contributed by atoms with Crippen LogP contribution < -0.4 is 5.73 Å². The van der Waals surface area contributed by atoms with Gasteiger partial charge in [0, 0.05) is 0 Å². The third-order valence-corrected chi connectivity index (χ3v) is 3.96. The molecular formula is C13H13BrFN3. The first kappa shape index (κ1) is 11.9. The van der Waals surface area contributed by atoms with Crippen molar-refractivity contribution < 1.29 is 4.39 Å². The molecule has 5 heteroatoms. The largest absolute Gasteiger partial charge is 0.311 e. The lowest BCUT2D eigenvalue weighted by atomic mass is 10.1. The van der Waals surface area contributed by atoms with Gasteiger partial charge in [0.25, 0.3) is 0 Å². The summed E-state index contributed by atoms with van der Waals surface area (Å²) in [6.45, 7) is 0. The van der Waals surface area contributed by atoms with Gasteiger partial charge in [-0.25, -0.2) is 9.37 Å². The minimum absolute atomic E-state index is 0.123. The molecule has 0 saturated carbocycles. The van der Waals surface area contributed by atoms with Gasteiger partial charge in [0.15, 0.2) is 0 Å². The maximum atomic E-state index is 13.9. The van der Waals surface area contributed by atoms with Crippen molar-refractivity contribution in [1.82, 2.24) is 9.55 Å². The number of hydrogen-bond acceptors (Lipinski definition) is 2. The van der Waals surface area contributed by atoms with Crippen LogP contribution in [-0.2, 0) is 6.42 Å². The second kappa shape index (κ2) is 4.48. The number of nitrogens with two attached hydrogens (primary N) is 1. The van der Waals surface area contributed by atoms with E-state index in [0.717, 1.165) is 29.6 Å². The van der Waals surface area contributed by atoms with Crippen LogP contribution in [0, 0.1) is 5.82 Å². The molecule has 0 spiro atoms. The minimum Gasteiger partial charge on any atom is -0.311 e. The summed E-state index contributed by atoms with van der Waals surface area (Å²) in [6, 6.07) is 6.66. The van der Waals surface area contributed by atoms with Crippen molar-refractivity contribution in [2.24, 2.45) is 5.73 Å². The van der Waals surface area contributed by atoms with E-state index in [0.29, 0.717) is 11.4 Å². The monoisotopic (exact) mass is 309 g/mol. The number of fused-ring (bicyclic) bond motifs is 1. The molecule has 1 aromatic carbocycles. The fourth-order valence-electron chi connectivity index (χ4n) is 2.46. The molecule has 1 aliphatic rings. The van der Waals surface area contributed by atoms with Crippen molar-refractivity contribution in [2.75, 3.05) is 0 Å². The van der Waals surface area contributed by atoms with Crippen molar-refractivity contribution >= 4 is 15.9 Å². The van der Waals surface area contributed by atoms with Gasteiger partial charge in [0.1, 0.15) is 16.2 Å². The van der Waals surface area contributed by atoms with E-state index in [4.69, 9.17) is 5.73 Å². The number of halogens is 2. The Labute approximate surface area is 113 Å². The molecule has 0 amide bonds. The second-order valence-corrected chi connectivity index (χ2v) is 5.23. The molecule has 0 radical (unpaired) electrons. The van der Waals surface area contributed by atoms with Gasteiger partial charge >= 0.3 is 0 Å². The highest BCUT2D eigenvalue weighted by atomic mass is 79.9. The first-order chi connectivity index (χ1) is 8.68. The van der Waals surface area contributed by atoms with Gasteiger partial charge < -0.3 is 10.3 Å². The van der Waals surface area contributed by atoms with E-state index >= 15 is 0 Å². The zero-order chi connectivity index (χ0) is 12.7. The molecular weight excluding hydrogens is 297 g/mol. The fourth-order valence-corrected chi connectivity index (χ4v) is 3.02. The third-order valence-electron chi connectivity index (χ3n) is 3.32. The lowest BCUT2D eigenvalue weighted by molar-refractivity contribution is 0.416.